The molecule has 6 rings (SSSR count). The Hall–Kier alpha value is -2.55. The van der Waals surface area contributed by atoms with Crippen molar-refractivity contribution in [1.82, 2.24) is 4.72 Å². The number of carbonyl (C=O) groups excluding carboxylic acids is 1. The fourth-order valence-electron chi connectivity index (χ4n) is 7.05. The smallest absolute Gasteiger partial charge is 0.264 e. The quantitative estimate of drug-likeness (QED) is 0.423. The molecule has 0 radical (unpaired) electrons. The number of aliphatic hydroxyl groups excluding tert-OH is 1. The molecular formula is C31H37ClN2O5S. The van der Waals surface area contributed by atoms with Crippen molar-refractivity contribution in [2.24, 2.45) is 11.3 Å². The molecule has 5 atom stereocenters. The number of benzene rings is 2. The van der Waals surface area contributed by atoms with Gasteiger partial charge in [0.1, 0.15) is 5.75 Å². The Morgan fingerprint density at radius 2 is 2.00 bits per heavy atom. The summed E-state index contributed by atoms with van der Waals surface area (Å²) in [5.74, 6) is 0.238. The maximum Gasteiger partial charge on any atom is 0.264 e. The normalized spacial score (nSPS) is 34.0. The number of amides is 1. The average molecular weight is 585 g/mol. The van der Waals surface area contributed by atoms with Gasteiger partial charge >= 0.3 is 0 Å². The number of hydrogen-bond donors (Lipinski definition) is 2. The lowest BCUT2D eigenvalue weighted by Crippen LogP contribution is -2.53. The maximum atomic E-state index is 13.2. The molecule has 1 fully saturated rings. The van der Waals surface area contributed by atoms with Crippen molar-refractivity contribution < 1.29 is 23.1 Å². The van der Waals surface area contributed by atoms with E-state index in [0.29, 0.717) is 25.4 Å². The van der Waals surface area contributed by atoms with Crippen molar-refractivity contribution in [3.05, 3.63) is 70.3 Å². The van der Waals surface area contributed by atoms with E-state index in [0.717, 1.165) is 42.8 Å². The largest absolute Gasteiger partial charge is 0.490 e. The SMILES string of the molecule is C[C@@H]1C/C=C/[C@@H](O)[C@]2(C)CC[C@H]2CN2C[C@@]3(CCCc4cc(Cl)ccc43)COc3ccc(cc32)C(=O)NS1(=O)=O. The predicted octanol–water partition coefficient (Wildman–Crippen LogP) is 5.00. The summed E-state index contributed by atoms with van der Waals surface area (Å²) < 4.78 is 34.7. The summed E-state index contributed by atoms with van der Waals surface area (Å²) >= 11 is 6.37. The molecule has 2 N–H and O–H groups in total. The van der Waals surface area contributed by atoms with Gasteiger partial charge in [0.05, 0.1) is 23.6 Å². The number of nitrogens with zero attached hydrogens (tertiary/aromatic N) is 1. The molecule has 0 unspecified atom stereocenters. The fraction of sp³-hybridized carbons (Fsp3) is 0.516. The molecule has 1 spiro atoms. The third-order valence-corrected chi connectivity index (χ3v) is 11.9. The predicted molar refractivity (Wildman–Crippen MR) is 157 cm³/mol. The third-order valence-electron chi connectivity index (χ3n) is 9.93. The van der Waals surface area contributed by atoms with Gasteiger partial charge in [0.15, 0.2) is 0 Å². The van der Waals surface area contributed by atoms with Gasteiger partial charge in [-0.3, -0.25) is 4.79 Å². The second kappa shape index (κ2) is 10.1. The molecular weight excluding hydrogens is 548 g/mol. The van der Waals surface area contributed by atoms with Crippen LogP contribution in [0.15, 0.2) is 48.6 Å². The Labute approximate surface area is 241 Å². The highest BCUT2D eigenvalue weighted by atomic mass is 35.5. The average Bonchev–Trinajstić information content (AvgIpc) is 3.06. The molecule has 2 bridgehead atoms. The number of carbonyl (C=O) groups is 1. The molecule has 4 aliphatic rings. The monoisotopic (exact) mass is 584 g/mol. The molecule has 9 heteroatoms. The van der Waals surface area contributed by atoms with Crippen LogP contribution in [0.1, 0.15) is 67.4 Å². The highest BCUT2D eigenvalue weighted by molar-refractivity contribution is 7.90. The van der Waals surface area contributed by atoms with Crippen molar-refractivity contribution in [3.8, 4) is 5.75 Å². The lowest BCUT2D eigenvalue weighted by atomic mass is 9.58. The summed E-state index contributed by atoms with van der Waals surface area (Å²) in [7, 11) is -3.91. The Bertz CT molecular complexity index is 1480. The van der Waals surface area contributed by atoms with E-state index in [4.69, 9.17) is 16.3 Å². The number of allylic oxidation sites excluding steroid dienone is 1. The first-order valence-corrected chi connectivity index (χ1v) is 16.1. The second-order valence-corrected chi connectivity index (χ2v) is 15.0. The van der Waals surface area contributed by atoms with E-state index in [1.54, 1.807) is 37.3 Å². The van der Waals surface area contributed by atoms with Gasteiger partial charge in [0, 0.05) is 34.5 Å². The van der Waals surface area contributed by atoms with Crippen LogP contribution >= 0.6 is 11.6 Å². The summed E-state index contributed by atoms with van der Waals surface area (Å²) in [6.07, 6.45) is 7.81. The van der Waals surface area contributed by atoms with E-state index < -0.39 is 27.3 Å². The number of hydrogen-bond acceptors (Lipinski definition) is 6. The number of fused-ring (bicyclic) bond motifs is 4. The van der Waals surface area contributed by atoms with Crippen LogP contribution in [0, 0.1) is 11.3 Å². The fourth-order valence-corrected chi connectivity index (χ4v) is 8.19. The van der Waals surface area contributed by atoms with Crippen molar-refractivity contribution in [2.45, 2.75) is 69.1 Å². The van der Waals surface area contributed by atoms with Gasteiger partial charge in [0.2, 0.25) is 10.0 Å². The number of aryl methyl sites for hydroxylation is 1. The van der Waals surface area contributed by atoms with E-state index in [9.17, 15) is 18.3 Å². The number of rotatable bonds is 0. The molecule has 7 nitrogen and oxygen atoms in total. The molecule has 214 valence electrons. The summed E-state index contributed by atoms with van der Waals surface area (Å²) in [6.45, 7) is 5.57. The maximum absolute atomic E-state index is 13.2. The Morgan fingerprint density at radius 1 is 1.18 bits per heavy atom. The zero-order valence-corrected chi connectivity index (χ0v) is 24.6. The molecule has 2 aliphatic heterocycles. The molecule has 2 heterocycles. The van der Waals surface area contributed by atoms with Crippen LogP contribution in [0.3, 0.4) is 0 Å². The van der Waals surface area contributed by atoms with Crippen molar-refractivity contribution in [2.75, 3.05) is 24.6 Å². The van der Waals surface area contributed by atoms with Crippen LogP contribution < -0.4 is 14.4 Å². The topological polar surface area (TPSA) is 95.9 Å². The van der Waals surface area contributed by atoms with E-state index in [1.165, 1.54) is 11.1 Å². The summed E-state index contributed by atoms with van der Waals surface area (Å²) in [5.41, 5.74) is 2.97. The van der Waals surface area contributed by atoms with E-state index >= 15 is 0 Å². The highest BCUT2D eigenvalue weighted by Crippen LogP contribution is 2.52. The lowest BCUT2D eigenvalue weighted by molar-refractivity contribution is -0.0469. The van der Waals surface area contributed by atoms with Gasteiger partial charge in [-0.25, -0.2) is 13.1 Å². The van der Waals surface area contributed by atoms with E-state index in [2.05, 4.69) is 28.7 Å². The first-order valence-electron chi connectivity index (χ1n) is 14.2. The van der Waals surface area contributed by atoms with Gasteiger partial charge in [-0.2, -0.15) is 0 Å². The van der Waals surface area contributed by atoms with Gasteiger partial charge in [-0.1, -0.05) is 36.7 Å². The summed E-state index contributed by atoms with van der Waals surface area (Å²) in [4.78, 5) is 15.5. The number of ether oxygens (including phenoxy) is 1. The third kappa shape index (κ3) is 4.72. The minimum absolute atomic E-state index is 0.205. The molecule has 0 saturated heterocycles. The number of halogens is 1. The first-order chi connectivity index (χ1) is 19.0. The van der Waals surface area contributed by atoms with Crippen molar-refractivity contribution >= 4 is 33.2 Å². The molecule has 2 aliphatic carbocycles. The summed E-state index contributed by atoms with van der Waals surface area (Å²) in [5, 5.41) is 11.1. The molecule has 2 aromatic rings. The van der Waals surface area contributed by atoms with Crippen LogP contribution in [0.2, 0.25) is 5.02 Å². The molecule has 0 aromatic heterocycles. The van der Waals surface area contributed by atoms with Crippen LogP contribution in [-0.4, -0.2) is 50.5 Å². The van der Waals surface area contributed by atoms with Gasteiger partial charge in [-0.05, 0) is 92.8 Å². The Morgan fingerprint density at radius 3 is 2.77 bits per heavy atom. The minimum atomic E-state index is -3.91. The second-order valence-electron chi connectivity index (χ2n) is 12.4. The van der Waals surface area contributed by atoms with E-state index in [-0.39, 0.29) is 28.7 Å². The van der Waals surface area contributed by atoms with Crippen molar-refractivity contribution in [1.29, 1.82) is 0 Å². The number of aliphatic hydroxyl groups is 1. The zero-order chi connectivity index (χ0) is 28.3. The standard InChI is InChI=1S/C31H37ClN2O5S/c1-20-5-3-7-28(35)30(2)14-12-23(30)17-34-18-31(13-4-6-21-15-24(32)9-10-25(21)31)19-39-27-11-8-22(16-26(27)34)29(36)33-40(20,37)38/h3,7-11,15-16,20,23,28,35H,4-6,12-14,17-19H2,1-2H3,(H,33,36)/b7-3+/t20-,23+,28-,30-,31+/m1/s1. The number of nitrogens with one attached hydrogen (secondary N) is 1. The van der Waals surface area contributed by atoms with Crippen LogP contribution in [0.25, 0.3) is 0 Å². The lowest BCUT2D eigenvalue weighted by Gasteiger charge is -2.52. The molecule has 2 aromatic carbocycles. The van der Waals surface area contributed by atoms with E-state index in [1.807, 2.05) is 6.07 Å². The molecule has 1 saturated carbocycles. The van der Waals surface area contributed by atoms with Crippen LogP contribution in [0.4, 0.5) is 5.69 Å². The summed E-state index contributed by atoms with van der Waals surface area (Å²) in [6, 6.07) is 11.3. The van der Waals surface area contributed by atoms with Gasteiger partial charge in [-0.15, -0.1) is 0 Å². The molecule has 1 amide bonds. The minimum Gasteiger partial charge on any atom is -0.490 e. The first kappa shape index (κ1) is 27.6. The highest BCUT2D eigenvalue weighted by Gasteiger charge is 2.49. The van der Waals surface area contributed by atoms with Gasteiger partial charge in [0.25, 0.3) is 5.91 Å². The van der Waals surface area contributed by atoms with Crippen LogP contribution in [0.5, 0.6) is 5.75 Å². The van der Waals surface area contributed by atoms with Crippen molar-refractivity contribution in [3.63, 3.8) is 0 Å². The van der Waals surface area contributed by atoms with Crippen LogP contribution in [-0.2, 0) is 21.9 Å². The number of anilines is 1. The Balaban J connectivity index is 1.46. The number of sulfonamides is 1. The Kier molecular flexibility index (Phi) is 6.95. The van der Waals surface area contributed by atoms with Gasteiger partial charge < -0.3 is 14.7 Å². The molecule has 40 heavy (non-hydrogen) atoms. The zero-order valence-electron chi connectivity index (χ0n) is 23.0.